The summed E-state index contributed by atoms with van der Waals surface area (Å²) in [4.78, 5) is 16.0. The molecule has 0 spiro atoms. The molecule has 1 fully saturated rings. The first-order valence-electron chi connectivity index (χ1n) is 6.12. The normalized spacial score (nSPS) is 18.1. The van der Waals surface area contributed by atoms with E-state index in [0.29, 0.717) is 12.3 Å². The Hall–Kier alpha value is -0.280. The van der Waals surface area contributed by atoms with E-state index in [0.717, 1.165) is 44.8 Å². The quantitative estimate of drug-likeness (QED) is 0.691. The van der Waals surface area contributed by atoms with Gasteiger partial charge in [-0.1, -0.05) is 0 Å². The van der Waals surface area contributed by atoms with Gasteiger partial charge in [-0.15, -0.1) is 11.6 Å². The third kappa shape index (κ3) is 4.71. The lowest BCUT2D eigenvalue weighted by Crippen LogP contribution is -2.40. The number of carbonyl (C=O) groups is 1. The van der Waals surface area contributed by atoms with E-state index in [1.165, 1.54) is 0 Å². The lowest BCUT2D eigenvalue weighted by Gasteiger charge is -2.33. The van der Waals surface area contributed by atoms with Crippen molar-refractivity contribution < 1.29 is 4.79 Å². The molecule has 0 aliphatic carbocycles. The molecular weight excluding hydrogens is 224 g/mol. The number of rotatable bonds is 5. The van der Waals surface area contributed by atoms with Crippen molar-refractivity contribution in [3.8, 4) is 0 Å². The molecule has 0 aromatic heterocycles. The third-order valence-electron chi connectivity index (χ3n) is 3.11. The van der Waals surface area contributed by atoms with Crippen molar-refractivity contribution in [1.29, 1.82) is 0 Å². The van der Waals surface area contributed by atoms with Crippen molar-refractivity contribution in [2.24, 2.45) is 5.92 Å². The molecule has 3 nitrogen and oxygen atoms in total. The molecule has 1 heterocycles. The summed E-state index contributed by atoms with van der Waals surface area (Å²) in [5.74, 6) is 1.62. The summed E-state index contributed by atoms with van der Waals surface area (Å²) >= 11 is 5.59. The average Bonchev–Trinajstić information content (AvgIpc) is 2.26. The Morgan fingerprint density at radius 3 is 2.50 bits per heavy atom. The molecule has 0 N–H and O–H groups in total. The fraction of sp³-hybridized carbons (Fsp3) is 0.917. The number of hydrogen-bond donors (Lipinski definition) is 0. The second kappa shape index (κ2) is 7.13. The molecular formula is C12H23ClN2O. The fourth-order valence-electron chi connectivity index (χ4n) is 2.26. The molecule has 1 aliphatic heterocycles. The SMILES string of the molecule is CN(C)CC1CCN(C(=O)CCCCl)CC1. The van der Waals surface area contributed by atoms with Crippen LogP contribution in [0.4, 0.5) is 0 Å². The predicted octanol–water partition coefficient (Wildman–Crippen LogP) is 1.81. The van der Waals surface area contributed by atoms with Gasteiger partial charge in [-0.2, -0.15) is 0 Å². The van der Waals surface area contributed by atoms with Crippen molar-refractivity contribution in [2.45, 2.75) is 25.7 Å². The number of hydrogen-bond acceptors (Lipinski definition) is 2. The molecule has 0 saturated carbocycles. The Morgan fingerprint density at radius 1 is 1.38 bits per heavy atom. The minimum absolute atomic E-state index is 0.281. The molecule has 1 aliphatic rings. The van der Waals surface area contributed by atoms with Crippen molar-refractivity contribution in [3.63, 3.8) is 0 Å². The van der Waals surface area contributed by atoms with Crippen molar-refractivity contribution >= 4 is 17.5 Å². The molecule has 1 rings (SSSR count). The first-order valence-corrected chi connectivity index (χ1v) is 6.65. The first kappa shape index (κ1) is 13.8. The van der Waals surface area contributed by atoms with Gasteiger partial charge in [0.2, 0.25) is 5.91 Å². The monoisotopic (exact) mass is 246 g/mol. The van der Waals surface area contributed by atoms with Crippen LogP contribution in [0.15, 0.2) is 0 Å². The predicted molar refractivity (Wildman–Crippen MR) is 67.8 cm³/mol. The zero-order valence-corrected chi connectivity index (χ0v) is 11.2. The maximum atomic E-state index is 11.7. The summed E-state index contributed by atoms with van der Waals surface area (Å²) in [6.45, 7) is 3.00. The topological polar surface area (TPSA) is 23.6 Å². The van der Waals surface area contributed by atoms with Crippen LogP contribution in [-0.4, -0.2) is 55.3 Å². The molecule has 0 radical (unpaired) electrons. The van der Waals surface area contributed by atoms with E-state index < -0.39 is 0 Å². The largest absolute Gasteiger partial charge is 0.343 e. The molecule has 1 amide bonds. The van der Waals surface area contributed by atoms with E-state index >= 15 is 0 Å². The van der Waals surface area contributed by atoms with Gasteiger partial charge in [0.25, 0.3) is 0 Å². The van der Waals surface area contributed by atoms with E-state index in [-0.39, 0.29) is 5.91 Å². The molecule has 94 valence electrons. The fourth-order valence-corrected chi connectivity index (χ4v) is 2.39. The molecule has 0 aromatic rings. The Labute approximate surface area is 104 Å². The standard InChI is InChI=1S/C12H23ClN2O/c1-14(2)10-11-5-8-15(9-6-11)12(16)4-3-7-13/h11H,3-10H2,1-2H3. The summed E-state index contributed by atoms with van der Waals surface area (Å²) in [6, 6.07) is 0. The Bertz CT molecular complexity index is 213. The second-order valence-electron chi connectivity index (χ2n) is 4.88. The summed E-state index contributed by atoms with van der Waals surface area (Å²) < 4.78 is 0. The maximum absolute atomic E-state index is 11.7. The van der Waals surface area contributed by atoms with E-state index in [9.17, 15) is 4.79 Å². The average molecular weight is 247 g/mol. The van der Waals surface area contributed by atoms with Gasteiger partial charge in [0.15, 0.2) is 0 Å². The Morgan fingerprint density at radius 2 is 2.00 bits per heavy atom. The zero-order chi connectivity index (χ0) is 12.0. The van der Waals surface area contributed by atoms with Crippen LogP contribution >= 0.6 is 11.6 Å². The van der Waals surface area contributed by atoms with Gasteiger partial charge < -0.3 is 9.80 Å². The van der Waals surface area contributed by atoms with Crippen LogP contribution in [0.3, 0.4) is 0 Å². The lowest BCUT2D eigenvalue weighted by molar-refractivity contribution is -0.132. The van der Waals surface area contributed by atoms with Gasteiger partial charge in [0.05, 0.1) is 0 Å². The van der Waals surface area contributed by atoms with Crippen LogP contribution < -0.4 is 0 Å². The minimum Gasteiger partial charge on any atom is -0.343 e. The number of piperidine rings is 1. The lowest BCUT2D eigenvalue weighted by atomic mass is 9.96. The Kier molecular flexibility index (Phi) is 6.14. The molecule has 1 saturated heterocycles. The minimum atomic E-state index is 0.281. The van der Waals surface area contributed by atoms with Crippen LogP contribution in [0.1, 0.15) is 25.7 Å². The number of nitrogens with zero attached hydrogens (tertiary/aromatic N) is 2. The molecule has 4 heteroatoms. The van der Waals surface area contributed by atoms with Gasteiger partial charge in [-0.05, 0) is 39.3 Å². The second-order valence-corrected chi connectivity index (χ2v) is 5.26. The van der Waals surface area contributed by atoms with Crippen LogP contribution in [0.25, 0.3) is 0 Å². The van der Waals surface area contributed by atoms with Gasteiger partial charge in [-0.25, -0.2) is 0 Å². The van der Waals surface area contributed by atoms with Crippen molar-refractivity contribution in [3.05, 3.63) is 0 Å². The number of alkyl halides is 1. The van der Waals surface area contributed by atoms with E-state index in [2.05, 4.69) is 19.0 Å². The van der Waals surface area contributed by atoms with E-state index in [4.69, 9.17) is 11.6 Å². The summed E-state index contributed by atoms with van der Waals surface area (Å²) in [6.07, 6.45) is 3.70. The highest BCUT2D eigenvalue weighted by Crippen LogP contribution is 2.18. The molecule has 0 aromatic carbocycles. The van der Waals surface area contributed by atoms with Gasteiger partial charge >= 0.3 is 0 Å². The number of likely N-dealkylation sites (tertiary alicyclic amines) is 1. The first-order chi connectivity index (χ1) is 7.63. The Balaban J connectivity index is 2.23. The third-order valence-corrected chi connectivity index (χ3v) is 3.38. The highest BCUT2D eigenvalue weighted by molar-refractivity contribution is 6.17. The summed E-state index contributed by atoms with van der Waals surface area (Å²) in [7, 11) is 4.22. The molecule has 0 atom stereocenters. The smallest absolute Gasteiger partial charge is 0.222 e. The van der Waals surface area contributed by atoms with Crippen molar-refractivity contribution in [2.75, 3.05) is 39.6 Å². The van der Waals surface area contributed by atoms with Crippen molar-refractivity contribution in [1.82, 2.24) is 9.80 Å². The summed E-state index contributed by atoms with van der Waals surface area (Å²) in [5.41, 5.74) is 0. The van der Waals surface area contributed by atoms with Crippen LogP contribution in [0.2, 0.25) is 0 Å². The van der Waals surface area contributed by atoms with Gasteiger partial charge in [0, 0.05) is 31.9 Å². The van der Waals surface area contributed by atoms with Gasteiger partial charge in [-0.3, -0.25) is 4.79 Å². The molecule has 16 heavy (non-hydrogen) atoms. The van der Waals surface area contributed by atoms with Crippen LogP contribution in [-0.2, 0) is 4.79 Å². The number of carbonyl (C=O) groups excluding carboxylic acids is 1. The summed E-state index contributed by atoms with van der Waals surface area (Å²) in [5, 5.41) is 0. The van der Waals surface area contributed by atoms with Crippen LogP contribution in [0.5, 0.6) is 0 Å². The number of halogens is 1. The highest BCUT2D eigenvalue weighted by atomic mass is 35.5. The maximum Gasteiger partial charge on any atom is 0.222 e. The zero-order valence-electron chi connectivity index (χ0n) is 10.4. The van der Waals surface area contributed by atoms with E-state index in [1.54, 1.807) is 0 Å². The molecule has 0 bridgehead atoms. The van der Waals surface area contributed by atoms with Crippen LogP contribution in [0, 0.1) is 5.92 Å². The van der Waals surface area contributed by atoms with Gasteiger partial charge in [0.1, 0.15) is 0 Å². The van der Waals surface area contributed by atoms with E-state index in [1.807, 2.05) is 4.90 Å². The number of amides is 1. The highest BCUT2D eigenvalue weighted by Gasteiger charge is 2.22. The molecule has 0 unspecified atom stereocenters.